The van der Waals surface area contributed by atoms with Crippen molar-refractivity contribution >= 4 is 33.3 Å². The van der Waals surface area contributed by atoms with Crippen LogP contribution in [0.5, 0.6) is 0 Å². The largest absolute Gasteiger partial charge is 0.366 e. The van der Waals surface area contributed by atoms with E-state index in [4.69, 9.17) is 11.6 Å². The molecule has 0 radical (unpaired) electrons. The van der Waals surface area contributed by atoms with Crippen molar-refractivity contribution in [2.75, 3.05) is 5.32 Å². The van der Waals surface area contributed by atoms with Crippen LogP contribution in [0, 0.1) is 12.7 Å². The Kier molecular flexibility index (Phi) is 4.14. The zero-order chi connectivity index (χ0) is 13.1. The number of halogens is 3. The van der Waals surface area contributed by atoms with Crippen LogP contribution in [-0.4, -0.2) is 9.97 Å². The normalized spacial score (nSPS) is 10.4. The van der Waals surface area contributed by atoms with Gasteiger partial charge in [0.05, 0.1) is 0 Å². The molecule has 0 saturated heterocycles. The van der Waals surface area contributed by atoms with Crippen molar-refractivity contribution < 1.29 is 4.39 Å². The van der Waals surface area contributed by atoms with E-state index in [1.165, 1.54) is 18.5 Å². The minimum Gasteiger partial charge on any atom is -0.366 e. The van der Waals surface area contributed by atoms with Crippen LogP contribution < -0.4 is 5.32 Å². The van der Waals surface area contributed by atoms with E-state index in [1.807, 2.05) is 6.92 Å². The summed E-state index contributed by atoms with van der Waals surface area (Å²) in [7, 11) is 0. The third kappa shape index (κ3) is 2.97. The summed E-state index contributed by atoms with van der Waals surface area (Å²) >= 11 is 9.26. The highest BCUT2D eigenvalue weighted by Gasteiger charge is 2.06. The molecule has 0 bridgehead atoms. The predicted molar refractivity (Wildman–Crippen MR) is 73.2 cm³/mol. The monoisotopic (exact) mass is 329 g/mol. The Morgan fingerprint density at radius 2 is 2.17 bits per heavy atom. The summed E-state index contributed by atoms with van der Waals surface area (Å²) in [6, 6.07) is 4.54. The molecule has 0 saturated carbocycles. The van der Waals surface area contributed by atoms with Crippen LogP contribution in [-0.2, 0) is 6.54 Å². The summed E-state index contributed by atoms with van der Waals surface area (Å²) in [5.41, 5.74) is 1.58. The molecule has 0 aliphatic carbocycles. The minimum absolute atomic E-state index is 0.271. The van der Waals surface area contributed by atoms with Crippen LogP contribution in [0.4, 0.5) is 10.2 Å². The molecule has 94 valence electrons. The van der Waals surface area contributed by atoms with Crippen LogP contribution in [0.3, 0.4) is 0 Å². The first-order valence-corrected chi connectivity index (χ1v) is 6.40. The molecule has 1 heterocycles. The number of hydrogen-bond donors (Lipinski definition) is 1. The third-order valence-electron chi connectivity index (χ3n) is 2.48. The first-order chi connectivity index (χ1) is 8.58. The number of aromatic nitrogens is 2. The summed E-state index contributed by atoms with van der Waals surface area (Å²) in [6.07, 6.45) is 1.39. The topological polar surface area (TPSA) is 37.8 Å². The maximum atomic E-state index is 13.1. The SMILES string of the molecule is Cc1c(Cl)ncnc1NCc1cc(F)ccc1Br. The van der Waals surface area contributed by atoms with Gasteiger partial charge in [-0.1, -0.05) is 27.5 Å². The lowest BCUT2D eigenvalue weighted by Crippen LogP contribution is -2.05. The maximum absolute atomic E-state index is 13.1. The molecule has 0 fully saturated rings. The lowest BCUT2D eigenvalue weighted by molar-refractivity contribution is 0.625. The Hall–Kier alpha value is -1.20. The highest BCUT2D eigenvalue weighted by molar-refractivity contribution is 9.10. The molecule has 2 rings (SSSR count). The van der Waals surface area contributed by atoms with Crippen LogP contribution in [0.25, 0.3) is 0 Å². The predicted octanol–water partition coefficient (Wildman–Crippen LogP) is 3.95. The highest BCUT2D eigenvalue weighted by Crippen LogP contribution is 2.21. The Balaban J connectivity index is 2.16. The number of hydrogen-bond acceptors (Lipinski definition) is 3. The second-order valence-corrected chi connectivity index (χ2v) is 4.94. The molecule has 1 aromatic heterocycles. The fraction of sp³-hybridized carbons (Fsp3) is 0.167. The van der Waals surface area contributed by atoms with Crippen LogP contribution in [0.2, 0.25) is 5.15 Å². The Morgan fingerprint density at radius 3 is 2.94 bits per heavy atom. The molecule has 3 nitrogen and oxygen atoms in total. The Bertz CT molecular complexity index is 575. The molecule has 1 aromatic carbocycles. The quantitative estimate of drug-likeness (QED) is 0.866. The molecule has 18 heavy (non-hydrogen) atoms. The lowest BCUT2D eigenvalue weighted by Gasteiger charge is -2.10. The smallest absolute Gasteiger partial charge is 0.137 e. The van der Waals surface area contributed by atoms with Crippen molar-refractivity contribution in [3.63, 3.8) is 0 Å². The van der Waals surface area contributed by atoms with Gasteiger partial charge in [-0.15, -0.1) is 0 Å². The second-order valence-electron chi connectivity index (χ2n) is 3.73. The molecule has 0 amide bonds. The van der Waals surface area contributed by atoms with E-state index in [0.717, 1.165) is 15.6 Å². The summed E-state index contributed by atoms with van der Waals surface area (Å²) in [5.74, 6) is 0.374. The number of benzene rings is 1. The molecule has 0 unspecified atom stereocenters. The fourth-order valence-corrected chi connectivity index (χ4v) is 1.98. The molecular formula is C12H10BrClFN3. The van der Waals surface area contributed by atoms with Gasteiger partial charge in [0.25, 0.3) is 0 Å². The third-order valence-corrected chi connectivity index (χ3v) is 3.63. The van der Waals surface area contributed by atoms with Crippen LogP contribution >= 0.6 is 27.5 Å². The van der Waals surface area contributed by atoms with Gasteiger partial charge in [-0.2, -0.15) is 0 Å². The van der Waals surface area contributed by atoms with E-state index in [1.54, 1.807) is 6.07 Å². The van der Waals surface area contributed by atoms with Crippen molar-refractivity contribution in [1.29, 1.82) is 0 Å². The zero-order valence-corrected chi connectivity index (χ0v) is 11.9. The fourth-order valence-electron chi connectivity index (χ4n) is 1.46. The summed E-state index contributed by atoms with van der Waals surface area (Å²) < 4.78 is 14.0. The molecule has 2 aromatic rings. The lowest BCUT2D eigenvalue weighted by atomic mass is 10.2. The van der Waals surface area contributed by atoms with E-state index in [-0.39, 0.29) is 5.82 Å². The minimum atomic E-state index is -0.271. The van der Waals surface area contributed by atoms with Crippen LogP contribution in [0.15, 0.2) is 29.0 Å². The van der Waals surface area contributed by atoms with Gasteiger partial charge in [0.15, 0.2) is 0 Å². The standard InChI is InChI=1S/C12H10BrClFN3/c1-7-11(14)17-6-18-12(7)16-5-8-4-9(15)2-3-10(8)13/h2-4,6H,5H2,1H3,(H,16,17,18). The molecular weight excluding hydrogens is 321 g/mol. The van der Waals surface area contributed by atoms with Crippen LogP contribution in [0.1, 0.15) is 11.1 Å². The average molecular weight is 331 g/mol. The number of nitrogens with zero attached hydrogens (tertiary/aromatic N) is 2. The Morgan fingerprint density at radius 1 is 1.39 bits per heavy atom. The average Bonchev–Trinajstić information content (AvgIpc) is 2.35. The first-order valence-electron chi connectivity index (χ1n) is 5.23. The molecule has 0 atom stereocenters. The first kappa shape index (κ1) is 13.2. The van der Waals surface area contributed by atoms with E-state index in [9.17, 15) is 4.39 Å². The summed E-state index contributed by atoms with van der Waals surface area (Å²) in [4.78, 5) is 7.96. The van der Waals surface area contributed by atoms with E-state index in [2.05, 4.69) is 31.2 Å². The Labute approximate surface area is 118 Å². The summed E-state index contributed by atoms with van der Waals surface area (Å²) in [6.45, 7) is 2.28. The molecule has 1 N–H and O–H groups in total. The van der Waals surface area contributed by atoms with Gasteiger partial charge in [-0.3, -0.25) is 0 Å². The number of nitrogens with one attached hydrogen (secondary N) is 1. The zero-order valence-electron chi connectivity index (χ0n) is 9.54. The van der Waals surface area contributed by atoms with E-state index < -0.39 is 0 Å². The van der Waals surface area contributed by atoms with Crippen molar-refractivity contribution in [3.05, 3.63) is 51.1 Å². The van der Waals surface area contributed by atoms with Crippen molar-refractivity contribution in [2.45, 2.75) is 13.5 Å². The van der Waals surface area contributed by atoms with Gasteiger partial charge in [0, 0.05) is 16.6 Å². The highest BCUT2D eigenvalue weighted by atomic mass is 79.9. The number of anilines is 1. The molecule has 6 heteroatoms. The number of rotatable bonds is 3. The van der Waals surface area contributed by atoms with E-state index in [0.29, 0.717) is 17.5 Å². The molecule has 0 aliphatic heterocycles. The van der Waals surface area contributed by atoms with Gasteiger partial charge in [0.2, 0.25) is 0 Å². The van der Waals surface area contributed by atoms with Gasteiger partial charge in [-0.25, -0.2) is 14.4 Å². The van der Waals surface area contributed by atoms with Gasteiger partial charge in [0.1, 0.15) is 23.1 Å². The van der Waals surface area contributed by atoms with Gasteiger partial charge < -0.3 is 5.32 Å². The van der Waals surface area contributed by atoms with Gasteiger partial charge in [-0.05, 0) is 30.7 Å². The van der Waals surface area contributed by atoms with Crippen molar-refractivity contribution in [3.8, 4) is 0 Å². The van der Waals surface area contributed by atoms with Gasteiger partial charge >= 0.3 is 0 Å². The van der Waals surface area contributed by atoms with E-state index >= 15 is 0 Å². The maximum Gasteiger partial charge on any atom is 0.137 e. The molecule has 0 spiro atoms. The summed E-state index contributed by atoms with van der Waals surface area (Å²) in [5, 5.41) is 3.51. The second kappa shape index (κ2) is 5.63. The van der Waals surface area contributed by atoms with Crippen molar-refractivity contribution in [2.24, 2.45) is 0 Å². The van der Waals surface area contributed by atoms with Crippen molar-refractivity contribution in [1.82, 2.24) is 9.97 Å². The molecule has 0 aliphatic rings.